The molecular weight excluding hydrogens is 428 g/mol. The Bertz CT molecular complexity index is 1130. The molecule has 0 bridgehead atoms. The molecule has 0 radical (unpaired) electrons. The predicted octanol–water partition coefficient (Wildman–Crippen LogP) is 3.39. The molecule has 3 heterocycles. The summed E-state index contributed by atoms with van der Waals surface area (Å²) in [4.78, 5) is 22.2. The number of aromatic nitrogens is 3. The van der Waals surface area contributed by atoms with Crippen molar-refractivity contribution in [3.63, 3.8) is 0 Å². The van der Waals surface area contributed by atoms with Gasteiger partial charge < -0.3 is 14.5 Å². The topological polar surface area (TPSA) is 95.2 Å². The molecule has 2 aromatic rings. The van der Waals surface area contributed by atoms with Crippen molar-refractivity contribution in [3.8, 4) is 17.2 Å². The first-order valence-corrected chi connectivity index (χ1v) is 12.1. The van der Waals surface area contributed by atoms with Crippen LogP contribution in [0.4, 0.5) is 5.82 Å². The molecule has 1 saturated heterocycles. The number of amides is 1. The van der Waals surface area contributed by atoms with Gasteiger partial charge in [0.05, 0.1) is 42.2 Å². The van der Waals surface area contributed by atoms with Crippen LogP contribution in [0.2, 0.25) is 0 Å². The molecule has 2 aliphatic carbocycles. The summed E-state index contributed by atoms with van der Waals surface area (Å²) in [6.07, 6.45) is 8.32. The van der Waals surface area contributed by atoms with Gasteiger partial charge >= 0.3 is 0 Å². The number of rotatable bonds is 8. The molecule has 0 aromatic carbocycles. The molecule has 1 unspecified atom stereocenters. The van der Waals surface area contributed by atoms with Gasteiger partial charge in [0.15, 0.2) is 0 Å². The molecule has 8 nitrogen and oxygen atoms in total. The van der Waals surface area contributed by atoms with E-state index in [4.69, 9.17) is 9.72 Å². The number of carbonyl (C=O) groups excluding carboxylic acids is 1. The van der Waals surface area contributed by atoms with E-state index in [9.17, 15) is 10.1 Å². The van der Waals surface area contributed by atoms with Crippen molar-refractivity contribution < 1.29 is 9.53 Å². The van der Waals surface area contributed by atoms with E-state index >= 15 is 0 Å². The van der Waals surface area contributed by atoms with Gasteiger partial charge in [0, 0.05) is 43.8 Å². The lowest BCUT2D eigenvalue weighted by atomic mass is 9.99. The van der Waals surface area contributed by atoms with Gasteiger partial charge in [-0.15, -0.1) is 0 Å². The van der Waals surface area contributed by atoms with Crippen molar-refractivity contribution in [1.82, 2.24) is 20.1 Å². The monoisotopic (exact) mass is 458 g/mol. The van der Waals surface area contributed by atoms with Gasteiger partial charge in [-0.1, -0.05) is 6.58 Å². The quantitative estimate of drug-likeness (QED) is 0.598. The maximum atomic E-state index is 12.8. The third-order valence-corrected chi connectivity index (χ3v) is 7.03. The van der Waals surface area contributed by atoms with E-state index in [2.05, 4.69) is 27.7 Å². The SMILES string of the molecule is C=Cc1cc(-c2cc(C#N)c(N3CCN(C(=O)CCOC)C(C4CC4)C3)nc2C2CC2)cnn1. The summed E-state index contributed by atoms with van der Waals surface area (Å²) in [5.41, 5.74) is 4.15. The fourth-order valence-electron chi connectivity index (χ4n) is 4.90. The average molecular weight is 459 g/mol. The summed E-state index contributed by atoms with van der Waals surface area (Å²) in [7, 11) is 1.63. The molecule has 3 fully saturated rings. The van der Waals surface area contributed by atoms with Crippen LogP contribution >= 0.6 is 0 Å². The molecule has 34 heavy (non-hydrogen) atoms. The average Bonchev–Trinajstić information content (AvgIpc) is 3.79. The van der Waals surface area contributed by atoms with Crippen molar-refractivity contribution in [1.29, 1.82) is 5.26 Å². The Kier molecular flexibility index (Phi) is 6.29. The maximum Gasteiger partial charge on any atom is 0.225 e. The van der Waals surface area contributed by atoms with E-state index in [1.54, 1.807) is 19.4 Å². The number of nitriles is 1. The van der Waals surface area contributed by atoms with E-state index in [0.29, 0.717) is 55.8 Å². The first-order chi connectivity index (χ1) is 16.6. The van der Waals surface area contributed by atoms with E-state index < -0.39 is 0 Å². The Morgan fingerprint density at radius 1 is 1.29 bits per heavy atom. The van der Waals surface area contributed by atoms with Crippen LogP contribution < -0.4 is 4.90 Å². The van der Waals surface area contributed by atoms with Gasteiger partial charge in [0.25, 0.3) is 0 Å². The smallest absolute Gasteiger partial charge is 0.225 e. The molecule has 1 atom stereocenters. The van der Waals surface area contributed by atoms with Gasteiger partial charge in [0.2, 0.25) is 5.91 Å². The number of ether oxygens (including phenoxy) is 1. The van der Waals surface area contributed by atoms with Crippen molar-refractivity contribution in [2.75, 3.05) is 38.3 Å². The van der Waals surface area contributed by atoms with Crippen LogP contribution in [-0.2, 0) is 9.53 Å². The van der Waals surface area contributed by atoms with E-state index in [1.165, 1.54) is 0 Å². The normalized spacial score (nSPS) is 20.2. The molecule has 5 rings (SSSR count). The highest BCUT2D eigenvalue weighted by atomic mass is 16.5. The van der Waals surface area contributed by atoms with E-state index in [1.807, 2.05) is 17.0 Å². The second-order valence-electron chi connectivity index (χ2n) is 9.43. The summed E-state index contributed by atoms with van der Waals surface area (Å²) < 4.78 is 5.12. The Labute approximate surface area is 200 Å². The first-order valence-electron chi connectivity index (χ1n) is 12.1. The van der Waals surface area contributed by atoms with Crippen molar-refractivity contribution in [2.45, 2.75) is 44.1 Å². The Hall–Kier alpha value is -3.31. The molecule has 1 aliphatic heterocycles. The Morgan fingerprint density at radius 3 is 2.79 bits per heavy atom. The minimum atomic E-state index is 0.157. The standard InChI is InChI=1S/C26H30N6O2/c1-3-21-12-20(15-28-30-21)22-13-19(14-27)26(29-25(22)18-6-7-18)31-9-10-32(24(33)8-11-34-2)23(16-31)17-4-5-17/h3,12-13,15,17-18,23H,1,4-11,16H2,2H3. The van der Waals surface area contributed by atoms with Crippen molar-refractivity contribution >= 4 is 17.8 Å². The molecule has 2 aromatic heterocycles. The number of piperazine rings is 1. The number of methoxy groups -OCH3 is 1. The molecule has 8 heteroatoms. The third-order valence-electron chi connectivity index (χ3n) is 7.03. The van der Waals surface area contributed by atoms with E-state index in [0.717, 1.165) is 48.3 Å². The summed E-state index contributed by atoms with van der Waals surface area (Å²) in [6, 6.07) is 6.45. The zero-order valence-electron chi connectivity index (χ0n) is 19.6. The first kappa shape index (κ1) is 22.5. The lowest BCUT2D eigenvalue weighted by Gasteiger charge is -2.42. The fraction of sp³-hybridized carbons (Fsp3) is 0.500. The van der Waals surface area contributed by atoms with Gasteiger partial charge in [0.1, 0.15) is 11.9 Å². The summed E-state index contributed by atoms with van der Waals surface area (Å²) >= 11 is 0. The minimum Gasteiger partial charge on any atom is -0.384 e. The number of pyridine rings is 1. The lowest BCUT2D eigenvalue weighted by molar-refractivity contribution is -0.135. The Balaban J connectivity index is 1.47. The zero-order chi connectivity index (χ0) is 23.7. The minimum absolute atomic E-state index is 0.157. The molecule has 1 amide bonds. The summed E-state index contributed by atoms with van der Waals surface area (Å²) in [6.45, 7) is 6.27. The predicted molar refractivity (Wildman–Crippen MR) is 129 cm³/mol. The molecule has 176 valence electrons. The number of hydrogen-bond donors (Lipinski definition) is 0. The summed E-state index contributed by atoms with van der Waals surface area (Å²) in [5, 5.41) is 18.2. The number of carbonyl (C=O) groups is 1. The lowest BCUT2D eigenvalue weighted by Crippen LogP contribution is -2.56. The molecular formula is C26H30N6O2. The number of hydrogen-bond acceptors (Lipinski definition) is 7. The van der Waals surface area contributed by atoms with Gasteiger partial charge in [-0.25, -0.2) is 4.98 Å². The van der Waals surface area contributed by atoms with Crippen LogP contribution in [0.15, 0.2) is 24.9 Å². The van der Waals surface area contributed by atoms with Crippen molar-refractivity contribution in [3.05, 3.63) is 41.9 Å². The second-order valence-corrected chi connectivity index (χ2v) is 9.43. The zero-order valence-corrected chi connectivity index (χ0v) is 19.6. The van der Waals surface area contributed by atoms with Crippen LogP contribution in [0.1, 0.15) is 55.0 Å². The maximum absolute atomic E-state index is 12.8. The highest BCUT2D eigenvalue weighted by Crippen LogP contribution is 2.45. The van der Waals surface area contributed by atoms with Crippen LogP contribution in [0.25, 0.3) is 17.2 Å². The number of nitrogens with zero attached hydrogens (tertiary/aromatic N) is 6. The second kappa shape index (κ2) is 9.51. The third kappa shape index (κ3) is 4.53. The molecule has 0 spiro atoms. The highest BCUT2D eigenvalue weighted by molar-refractivity contribution is 5.77. The van der Waals surface area contributed by atoms with Gasteiger partial charge in [-0.05, 0) is 49.8 Å². The van der Waals surface area contributed by atoms with Crippen LogP contribution in [-0.4, -0.2) is 65.4 Å². The molecule has 0 N–H and O–H groups in total. The van der Waals surface area contributed by atoms with Gasteiger partial charge in [-0.2, -0.15) is 15.5 Å². The van der Waals surface area contributed by atoms with Crippen LogP contribution in [0, 0.1) is 17.2 Å². The highest BCUT2D eigenvalue weighted by Gasteiger charge is 2.41. The molecule has 3 aliphatic rings. The largest absolute Gasteiger partial charge is 0.384 e. The van der Waals surface area contributed by atoms with Crippen LogP contribution in [0.5, 0.6) is 0 Å². The fourth-order valence-corrected chi connectivity index (χ4v) is 4.90. The number of anilines is 1. The van der Waals surface area contributed by atoms with Crippen LogP contribution in [0.3, 0.4) is 0 Å². The van der Waals surface area contributed by atoms with Gasteiger partial charge in [-0.3, -0.25) is 4.79 Å². The summed E-state index contributed by atoms with van der Waals surface area (Å²) in [5.74, 6) is 1.83. The van der Waals surface area contributed by atoms with Crippen molar-refractivity contribution in [2.24, 2.45) is 5.92 Å². The van der Waals surface area contributed by atoms with E-state index in [-0.39, 0.29) is 11.9 Å². The molecule has 2 saturated carbocycles. The Morgan fingerprint density at radius 2 is 2.12 bits per heavy atom.